The number of rotatable bonds is 6. The van der Waals surface area contributed by atoms with Crippen molar-refractivity contribution in [2.75, 3.05) is 26.1 Å². The summed E-state index contributed by atoms with van der Waals surface area (Å²) in [5.74, 6) is 1.22. The fourth-order valence-corrected chi connectivity index (χ4v) is 2.77. The Morgan fingerprint density at radius 2 is 1.78 bits per heavy atom. The van der Waals surface area contributed by atoms with Gasteiger partial charge in [0.05, 0.1) is 25.5 Å². The average Bonchev–Trinajstić information content (AvgIpc) is 2.62. The maximum Gasteiger partial charge on any atom is 0.418 e. The van der Waals surface area contributed by atoms with Crippen LogP contribution in [0.4, 0.5) is 18.9 Å². The van der Waals surface area contributed by atoms with Crippen molar-refractivity contribution in [1.82, 2.24) is 5.32 Å². The average molecular weight is 419 g/mol. The van der Waals surface area contributed by atoms with E-state index in [2.05, 4.69) is 10.6 Å². The first-order valence-corrected chi connectivity index (χ1v) is 8.65. The lowest BCUT2D eigenvalue weighted by Gasteiger charge is -2.16. The van der Waals surface area contributed by atoms with Crippen LogP contribution in [0, 0.1) is 0 Å². The molecule has 0 heterocycles. The van der Waals surface area contributed by atoms with Gasteiger partial charge < -0.3 is 20.1 Å². The van der Waals surface area contributed by atoms with Crippen LogP contribution in [-0.2, 0) is 12.6 Å². The molecule has 9 heteroatoms. The summed E-state index contributed by atoms with van der Waals surface area (Å²) >= 11 is 10.7. The van der Waals surface area contributed by atoms with Crippen LogP contribution in [0.15, 0.2) is 36.4 Å². The Hall–Kier alpha value is -2.19. The molecule has 0 aliphatic heterocycles. The van der Waals surface area contributed by atoms with Crippen molar-refractivity contribution in [3.05, 3.63) is 52.5 Å². The van der Waals surface area contributed by atoms with Crippen molar-refractivity contribution in [3.63, 3.8) is 0 Å². The molecule has 0 aromatic heterocycles. The summed E-state index contributed by atoms with van der Waals surface area (Å²) in [7, 11) is 3.10. The summed E-state index contributed by atoms with van der Waals surface area (Å²) in [5.41, 5.74) is -0.0695. The number of benzene rings is 2. The number of ether oxygens (including phenoxy) is 2. The molecule has 0 saturated carbocycles. The van der Waals surface area contributed by atoms with Crippen molar-refractivity contribution in [1.29, 1.82) is 0 Å². The molecule has 0 bridgehead atoms. The lowest BCUT2D eigenvalue weighted by molar-refractivity contribution is -0.136. The summed E-state index contributed by atoms with van der Waals surface area (Å²) in [6.07, 6.45) is -3.95. The lowest BCUT2D eigenvalue weighted by Crippen LogP contribution is -2.31. The van der Waals surface area contributed by atoms with Crippen molar-refractivity contribution >= 4 is 34.6 Å². The van der Waals surface area contributed by atoms with Gasteiger partial charge in [0.2, 0.25) is 0 Å². The Balaban J connectivity index is 1.96. The van der Waals surface area contributed by atoms with E-state index in [0.717, 1.165) is 11.6 Å². The third-order valence-electron chi connectivity index (χ3n) is 3.68. The predicted octanol–water partition coefficient (Wildman–Crippen LogP) is 4.91. The lowest BCUT2D eigenvalue weighted by atomic mass is 10.1. The summed E-state index contributed by atoms with van der Waals surface area (Å²) in [4.78, 5) is 0. The van der Waals surface area contributed by atoms with Crippen molar-refractivity contribution in [3.8, 4) is 11.5 Å². The molecule has 0 aliphatic rings. The molecular formula is C18H18ClF3N2O2S. The van der Waals surface area contributed by atoms with Crippen molar-refractivity contribution in [2.45, 2.75) is 12.6 Å². The topological polar surface area (TPSA) is 42.5 Å². The number of thiocarbonyl (C=S) groups is 1. The van der Waals surface area contributed by atoms with Gasteiger partial charge in [0.25, 0.3) is 0 Å². The fourth-order valence-electron chi connectivity index (χ4n) is 2.38. The smallest absolute Gasteiger partial charge is 0.418 e. The van der Waals surface area contributed by atoms with Gasteiger partial charge in [-0.05, 0) is 54.5 Å². The molecule has 27 heavy (non-hydrogen) atoms. The van der Waals surface area contributed by atoms with Crippen LogP contribution in [0.2, 0.25) is 5.02 Å². The normalized spacial score (nSPS) is 11.0. The van der Waals surface area contributed by atoms with Crippen LogP contribution in [0.5, 0.6) is 11.5 Å². The molecular weight excluding hydrogens is 401 g/mol. The molecule has 2 aromatic carbocycles. The van der Waals surface area contributed by atoms with Crippen LogP contribution in [0.25, 0.3) is 0 Å². The first-order valence-electron chi connectivity index (χ1n) is 7.87. The molecule has 0 unspecified atom stereocenters. The monoisotopic (exact) mass is 418 g/mol. The standard InChI is InChI=1S/C18H18ClF3N2O2S/c1-25-15-6-3-11(9-16(15)26-2)7-8-23-17(27)24-14-5-4-12(19)10-13(14)18(20,21)22/h3-6,9-10H,7-8H2,1-2H3,(H2,23,24,27). The van der Waals surface area contributed by atoms with E-state index in [1.54, 1.807) is 20.3 Å². The molecule has 146 valence electrons. The van der Waals surface area contributed by atoms with E-state index < -0.39 is 11.7 Å². The molecule has 0 fully saturated rings. The van der Waals surface area contributed by atoms with E-state index in [1.807, 2.05) is 12.1 Å². The van der Waals surface area contributed by atoms with Crippen LogP contribution >= 0.6 is 23.8 Å². The third-order valence-corrected chi connectivity index (χ3v) is 4.16. The van der Waals surface area contributed by atoms with Gasteiger partial charge in [0, 0.05) is 11.6 Å². The Bertz CT molecular complexity index is 816. The quantitative estimate of drug-likeness (QED) is 0.653. The van der Waals surface area contributed by atoms with Gasteiger partial charge in [-0.2, -0.15) is 13.2 Å². The molecule has 0 atom stereocenters. The first-order chi connectivity index (χ1) is 12.7. The zero-order chi connectivity index (χ0) is 20.0. The van der Waals surface area contributed by atoms with Gasteiger partial charge in [-0.15, -0.1) is 0 Å². The number of nitrogens with one attached hydrogen (secondary N) is 2. The van der Waals surface area contributed by atoms with Gasteiger partial charge >= 0.3 is 6.18 Å². The fraction of sp³-hybridized carbons (Fsp3) is 0.278. The van der Waals surface area contributed by atoms with Crippen LogP contribution in [-0.4, -0.2) is 25.9 Å². The van der Waals surface area contributed by atoms with Crippen LogP contribution in [0.3, 0.4) is 0 Å². The van der Waals surface area contributed by atoms with E-state index in [4.69, 9.17) is 33.3 Å². The van der Waals surface area contributed by atoms with E-state index in [9.17, 15) is 13.2 Å². The minimum atomic E-state index is -4.54. The Kier molecular flexibility index (Phi) is 7.15. The predicted molar refractivity (Wildman–Crippen MR) is 104 cm³/mol. The maximum absolute atomic E-state index is 13.1. The highest BCUT2D eigenvalue weighted by Crippen LogP contribution is 2.36. The van der Waals surface area contributed by atoms with Crippen molar-refractivity contribution < 1.29 is 22.6 Å². The highest BCUT2D eigenvalue weighted by Gasteiger charge is 2.34. The molecule has 0 amide bonds. The van der Waals surface area contributed by atoms with Crippen LogP contribution in [0.1, 0.15) is 11.1 Å². The maximum atomic E-state index is 13.1. The molecule has 2 aromatic rings. The molecule has 0 spiro atoms. The molecule has 0 saturated heterocycles. The van der Waals surface area contributed by atoms with Gasteiger partial charge in [-0.25, -0.2) is 0 Å². The van der Waals surface area contributed by atoms with E-state index in [-0.39, 0.29) is 15.8 Å². The van der Waals surface area contributed by atoms with Crippen LogP contribution < -0.4 is 20.1 Å². The van der Waals surface area contributed by atoms with E-state index in [0.29, 0.717) is 24.5 Å². The van der Waals surface area contributed by atoms with Gasteiger partial charge in [-0.3, -0.25) is 0 Å². The zero-order valence-corrected chi connectivity index (χ0v) is 16.2. The Labute approximate surface area is 165 Å². The zero-order valence-electron chi connectivity index (χ0n) is 14.6. The van der Waals surface area contributed by atoms with E-state index >= 15 is 0 Å². The summed E-state index contributed by atoms with van der Waals surface area (Å²) < 4.78 is 49.7. The first kappa shape index (κ1) is 21.1. The SMILES string of the molecule is COc1ccc(CCNC(=S)Nc2ccc(Cl)cc2C(F)(F)F)cc1OC. The minimum Gasteiger partial charge on any atom is -0.493 e. The van der Waals surface area contributed by atoms with Gasteiger partial charge in [-0.1, -0.05) is 17.7 Å². The molecule has 4 nitrogen and oxygen atoms in total. The largest absolute Gasteiger partial charge is 0.493 e. The molecule has 0 radical (unpaired) electrons. The Morgan fingerprint density at radius 1 is 1.07 bits per heavy atom. The number of hydrogen-bond acceptors (Lipinski definition) is 3. The molecule has 2 N–H and O–H groups in total. The van der Waals surface area contributed by atoms with Gasteiger partial charge in [0.1, 0.15) is 0 Å². The Morgan fingerprint density at radius 3 is 2.41 bits per heavy atom. The second-order valence-corrected chi connectivity index (χ2v) is 6.35. The molecule has 2 rings (SSSR count). The van der Waals surface area contributed by atoms with Crippen molar-refractivity contribution in [2.24, 2.45) is 0 Å². The summed E-state index contributed by atoms with van der Waals surface area (Å²) in [6, 6.07) is 8.96. The second kappa shape index (κ2) is 9.14. The minimum absolute atomic E-state index is 0.000190. The summed E-state index contributed by atoms with van der Waals surface area (Å²) in [5, 5.41) is 5.54. The third kappa shape index (κ3) is 5.90. The summed E-state index contributed by atoms with van der Waals surface area (Å²) in [6.45, 7) is 0.427. The number of alkyl halides is 3. The molecule has 0 aliphatic carbocycles. The number of hydrogen-bond donors (Lipinski definition) is 2. The highest BCUT2D eigenvalue weighted by molar-refractivity contribution is 7.80. The van der Waals surface area contributed by atoms with Gasteiger partial charge in [0.15, 0.2) is 16.6 Å². The number of methoxy groups -OCH3 is 2. The van der Waals surface area contributed by atoms with E-state index in [1.165, 1.54) is 12.1 Å². The number of halogens is 4. The number of anilines is 1. The second-order valence-electron chi connectivity index (χ2n) is 5.51. The highest BCUT2D eigenvalue weighted by atomic mass is 35.5.